The maximum atomic E-state index is 6.13. The molecule has 1 aliphatic rings. The molecule has 108 valence electrons. The van der Waals surface area contributed by atoms with Crippen molar-refractivity contribution in [2.45, 2.75) is 38.2 Å². The molecule has 1 aromatic carbocycles. The van der Waals surface area contributed by atoms with Crippen LogP contribution in [0.15, 0.2) is 18.2 Å². The molecule has 0 aliphatic carbocycles. The molecule has 1 aliphatic heterocycles. The van der Waals surface area contributed by atoms with Crippen LogP contribution in [0.3, 0.4) is 0 Å². The van der Waals surface area contributed by atoms with Gasteiger partial charge in [-0.25, -0.2) is 4.98 Å². The number of alkyl halides is 1. The van der Waals surface area contributed by atoms with Crippen LogP contribution in [0.5, 0.6) is 0 Å². The van der Waals surface area contributed by atoms with E-state index in [1.165, 1.54) is 19.4 Å². The second-order valence-corrected chi connectivity index (χ2v) is 6.03. The third-order valence-electron chi connectivity index (χ3n) is 4.21. The molecule has 0 saturated carbocycles. The third kappa shape index (κ3) is 2.54. The minimum absolute atomic E-state index is 0.436. The standard InChI is InChI=1S/C15H19Cl2N3/c1-2-19-7-3-4-12(19)10-20-14-8-11(17)5-6-13(14)18-15(20)9-16/h5-6,8,12H,2-4,7,9-10H2,1H3. The van der Waals surface area contributed by atoms with Crippen LogP contribution in [0.2, 0.25) is 5.02 Å². The van der Waals surface area contributed by atoms with Crippen LogP contribution in [0.25, 0.3) is 11.0 Å². The van der Waals surface area contributed by atoms with Crippen LogP contribution in [0.4, 0.5) is 0 Å². The summed E-state index contributed by atoms with van der Waals surface area (Å²) in [6, 6.07) is 6.42. The second kappa shape index (κ2) is 5.92. The van der Waals surface area contributed by atoms with Crippen molar-refractivity contribution in [2.75, 3.05) is 13.1 Å². The number of likely N-dealkylation sites (tertiary alicyclic amines) is 1. The predicted molar refractivity (Wildman–Crippen MR) is 84.6 cm³/mol. The van der Waals surface area contributed by atoms with Gasteiger partial charge in [0.1, 0.15) is 5.82 Å². The number of imidazole rings is 1. The van der Waals surface area contributed by atoms with Crippen molar-refractivity contribution >= 4 is 34.2 Å². The van der Waals surface area contributed by atoms with Gasteiger partial charge in [0.05, 0.1) is 16.9 Å². The Kier molecular flexibility index (Phi) is 4.20. The summed E-state index contributed by atoms with van der Waals surface area (Å²) in [5.74, 6) is 1.37. The molecule has 0 N–H and O–H groups in total. The number of rotatable bonds is 4. The monoisotopic (exact) mass is 311 g/mol. The average Bonchev–Trinajstić information content (AvgIpc) is 3.04. The van der Waals surface area contributed by atoms with E-state index in [2.05, 4.69) is 21.4 Å². The van der Waals surface area contributed by atoms with E-state index in [-0.39, 0.29) is 0 Å². The van der Waals surface area contributed by atoms with Crippen LogP contribution in [0, 0.1) is 0 Å². The van der Waals surface area contributed by atoms with Crippen LogP contribution >= 0.6 is 23.2 Å². The Hall–Kier alpha value is -0.770. The van der Waals surface area contributed by atoms with Crippen molar-refractivity contribution in [1.82, 2.24) is 14.5 Å². The first-order valence-electron chi connectivity index (χ1n) is 7.17. The van der Waals surface area contributed by atoms with Crippen molar-refractivity contribution in [3.05, 3.63) is 29.0 Å². The second-order valence-electron chi connectivity index (χ2n) is 5.33. The maximum absolute atomic E-state index is 6.13. The van der Waals surface area contributed by atoms with Gasteiger partial charge in [-0.05, 0) is 44.1 Å². The van der Waals surface area contributed by atoms with Crippen LogP contribution < -0.4 is 0 Å². The van der Waals surface area contributed by atoms with E-state index in [0.29, 0.717) is 11.9 Å². The SMILES string of the molecule is CCN1CCCC1Cn1c(CCl)nc2ccc(Cl)cc21. The van der Waals surface area contributed by atoms with Gasteiger partial charge in [-0.15, -0.1) is 11.6 Å². The normalized spacial score (nSPS) is 20.1. The van der Waals surface area contributed by atoms with Gasteiger partial charge in [-0.3, -0.25) is 4.90 Å². The molecule has 5 heteroatoms. The van der Waals surface area contributed by atoms with Crippen molar-refractivity contribution in [3.8, 4) is 0 Å². The largest absolute Gasteiger partial charge is 0.325 e. The fourth-order valence-corrected chi connectivity index (χ4v) is 3.55. The summed E-state index contributed by atoms with van der Waals surface area (Å²) in [5, 5.41) is 0.749. The van der Waals surface area contributed by atoms with Gasteiger partial charge in [0.25, 0.3) is 0 Å². The molecule has 0 amide bonds. The molecule has 20 heavy (non-hydrogen) atoms. The van der Waals surface area contributed by atoms with E-state index in [9.17, 15) is 0 Å². The number of halogens is 2. The average molecular weight is 312 g/mol. The minimum atomic E-state index is 0.436. The maximum Gasteiger partial charge on any atom is 0.124 e. The molecule has 2 aromatic rings. The molecule has 1 aromatic heterocycles. The summed E-state index contributed by atoms with van der Waals surface area (Å²) in [4.78, 5) is 7.16. The molecule has 1 atom stereocenters. The van der Waals surface area contributed by atoms with Crippen LogP contribution in [0.1, 0.15) is 25.6 Å². The van der Waals surface area contributed by atoms with Crippen LogP contribution in [-0.2, 0) is 12.4 Å². The zero-order chi connectivity index (χ0) is 14.1. The third-order valence-corrected chi connectivity index (χ3v) is 4.68. The first kappa shape index (κ1) is 14.2. The molecule has 0 radical (unpaired) electrons. The number of fused-ring (bicyclic) bond motifs is 1. The number of nitrogens with zero attached hydrogens (tertiary/aromatic N) is 3. The molecule has 2 heterocycles. The number of hydrogen-bond donors (Lipinski definition) is 0. The van der Waals surface area contributed by atoms with Crippen molar-refractivity contribution in [2.24, 2.45) is 0 Å². The van der Waals surface area contributed by atoms with Gasteiger partial charge in [-0.2, -0.15) is 0 Å². The fourth-order valence-electron chi connectivity index (χ4n) is 3.18. The van der Waals surface area contributed by atoms with Crippen molar-refractivity contribution < 1.29 is 0 Å². The highest BCUT2D eigenvalue weighted by molar-refractivity contribution is 6.31. The number of likely N-dealkylation sites (N-methyl/N-ethyl adjacent to an activating group) is 1. The summed E-state index contributed by atoms with van der Waals surface area (Å²) in [5.41, 5.74) is 2.07. The van der Waals surface area contributed by atoms with Crippen LogP contribution in [-0.4, -0.2) is 33.6 Å². The van der Waals surface area contributed by atoms with E-state index < -0.39 is 0 Å². The Morgan fingerprint density at radius 2 is 2.25 bits per heavy atom. The van der Waals surface area contributed by atoms with Gasteiger partial charge < -0.3 is 4.57 Å². The lowest BCUT2D eigenvalue weighted by Crippen LogP contribution is -2.33. The first-order valence-corrected chi connectivity index (χ1v) is 8.09. The van der Waals surface area contributed by atoms with E-state index in [1.807, 2.05) is 18.2 Å². The van der Waals surface area contributed by atoms with Crippen molar-refractivity contribution in [1.29, 1.82) is 0 Å². The zero-order valence-electron chi connectivity index (χ0n) is 11.6. The summed E-state index contributed by atoms with van der Waals surface area (Å²) in [6.07, 6.45) is 2.53. The molecule has 1 unspecified atom stereocenters. The fraction of sp³-hybridized carbons (Fsp3) is 0.533. The minimum Gasteiger partial charge on any atom is -0.325 e. The highest BCUT2D eigenvalue weighted by Gasteiger charge is 2.24. The Labute approximate surface area is 129 Å². The topological polar surface area (TPSA) is 21.1 Å². The summed E-state index contributed by atoms with van der Waals surface area (Å²) in [6.45, 7) is 5.48. The van der Waals surface area contributed by atoms with E-state index in [4.69, 9.17) is 23.2 Å². The lowest BCUT2D eigenvalue weighted by atomic mass is 10.2. The summed E-state index contributed by atoms with van der Waals surface area (Å²) < 4.78 is 2.24. The molecular formula is C15H19Cl2N3. The summed E-state index contributed by atoms with van der Waals surface area (Å²) >= 11 is 12.2. The lowest BCUT2D eigenvalue weighted by molar-refractivity contribution is 0.245. The van der Waals surface area contributed by atoms with Gasteiger partial charge in [0.2, 0.25) is 0 Å². The zero-order valence-corrected chi connectivity index (χ0v) is 13.2. The highest BCUT2D eigenvalue weighted by atomic mass is 35.5. The quantitative estimate of drug-likeness (QED) is 0.798. The molecular weight excluding hydrogens is 293 g/mol. The molecule has 0 bridgehead atoms. The van der Waals surface area contributed by atoms with E-state index in [0.717, 1.165) is 35.0 Å². The van der Waals surface area contributed by atoms with E-state index >= 15 is 0 Å². The molecule has 1 saturated heterocycles. The number of benzene rings is 1. The number of hydrogen-bond acceptors (Lipinski definition) is 2. The van der Waals surface area contributed by atoms with Crippen molar-refractivity contribution in [3.63, 3.8) is 0 Å². The lowest BCUT2D eigenvalue weighted by Gasteiger charge is -2.24. The summed E-state index contributed by atoms with van der Waals surface area (Å²) in [7, 11) is 0. The molecule has 3 nitrogen and oxygen atoms in total. The predicted octanol–water partition coefficient (Wildman–Crippen LogP) is 3.91. The Morgan fingerprint density at radius 1 is 1.40 bits per heavy atom. The Bertz CT molecular complexity index is 608. The molecule has 1 fully saturated rings. The van der Waals surface area contributed by atoms with Gasteiger partial charge in [-0.1, -0.05) is 18.5 Å². The smallest absolute Gasteiger partial charge is 0.124 e. The molecule has 0 spiro atoms. The van der Waals surface area contributed by atoms with Gasteiger partial charge >= 0.3 is 0 Å². The van der Waals surface area contributed by atoms with E-state index in [1.54, 1.807) is 0 Å². The highest BCUT2D eigenvalue weighted by Crippen LogP contribution is 2.25. The molecule has 3 rings (SSSR count). The van der Waals surface area contributed by atoms with Gasteiger partial charge in [0, 0.05) is 17.6 Å². The first-order chi connectivity index (χ1) is 9.72. The Morgan fingerprint density at radius 3 is 3.00 bits per heavy atom. The van der Waals surface area contributed by atoms with Gasteiger partial charge in [0.15, 0.2) is 0 Å². The Balaban J connectivity index is 1.98. The number of aromatic nitrogens is 2.